The van der Waals surface area contributed by atoms with E-state index < -0.39 is 5.97 Å². The van der Waals surface area contributed by atoms with Gasteiger partial charge in [0, 0.05) is 10.6 Å². The van der Waals surface area contributed by atoms with Crippen LogP contribution in [0.5, 0.6) is 5.75 Å². The molecule has 116 valence electrons. The van der Waals surface area contributed by atoms with Crippen molar-refractivity contribution < 1.29 is 14.3 Å². The zero-order valence-corrected chi connectivity index (χ0v) is 14.4. The molecule has 0 bridgehead atoms. The number of methoxy groups -OCH3 is 1. The molecule has 0 spiro atoms. The maximum absolute atomic E-state index is 12.0. The van der Waals surface area contributed by atoms with E-state index >= 15 is 0 Å². The Labute approximate surface area is 146 Å². The predicted octanol–water partition coefficient (Wildman–Crippen LogP) is 4.46. The lowest BCUT2D eigenvalue weighted by atomic mass is 10.2. The summed E-state index contributed by atoms with van der Waals surface area (Å²) in [6.45, 7) is 0. The predicted molar refractivity (Wildman–Crippen MR) is 92.8 cm³/mol. The first-order valence-corrected chi connectivity index (χ1v) is 7.86. The average molecular weight is 393 g/mol. The molecule has 1 aliphatic rings. The van der Waals surface area contributed by atoms with E-state index in [9.17, 15) is 4.79 Å². The summed E-state index contributed by atoms with van der Waals surface area (Å²) in [6, 6.07) is 12.4. The van der Waals surface area contributed by atoms with Crippen LogP contribution in [0.3, 0.4) is 0 Å². The van der Waals surface area contributed by atoms with E-state index in [-0.39, 0.29) is 11.6 Å². The number of carbonyl (C=O) groups is 1. The van der Waals surface area contributed by atoms with Gasteiger partial charge in [0.15, 0.2) is 5.70 Å². The number of carbonyl (C=O) groups excluding carboxylic acids is 1. The van der Waals surface area contributed by atoms with Gasteiger partial charge in [-0.05, 0) is 64.0 Å². The number of nitrogens with zero attached hydrogens (tertiary/aromatic N) is 1. The van der Waals surface area contributed by atoms with Crippen LogP contribution < -0.4 is 4.74 Å². The number of cyclic esters (lactones) is 1. The normalized spacial score (nSPS) is 15.5. The Morgan fingerprint density at radius 1 is 1.22 bits per heavy atom. The van der Waals surface area contributed by atoms with Crippen LogP contribution in [0.2, 0.25) is 5.02 Å². The molecule has 4 nitrogen and oxygen atoms in total. The Kier molecular flexibility index (Phi) is 4.50. The lowest BCUT2D eigenvalue weighted by molar-refractivity contribution is -0.129. The van der Waals surface area contributed by atoms with Crippen LogP contribution in [-0.4, -0.2) is 19.0 Å². The minimum absolute atomic E-state index is 0.243. The summed E-state index contributed by atoms with van der Waals surface area (Å²) in [6.07, 6.45) is 1.66. The maximum atomic E-state index is 12.0. The molecule has 0 saturated heterocycles. The molecule has 3 rings (SSSR count). The minimum atomic E-state index is -0.484. The monoisotopic (exact) mass is 391 g/mol. The fraction of sp³-hybridized carbons (Fsp3) is 0.0588. The van der Waals surface area contributed by atoms with E-state index in [1.807, 2.05) is 12.1 Å². The molecule has 6 heteroatoms. The number of rotatable bonds is 3. The van der Waals surface area contributed by atoms with Gasteiger partial charge < -0.3 is 9.47 Å². The molecule has 0 radical (unpaired) electrons. The van der Waals surface area contributed by atoms with Gasteiger partial charge in [-0.1, -0.05) is 17.7 Å². The van der Waals surface area contributed by atoms with Crippen molar-refractivity contribution >= 4 is 45.5 Å². The van der Waals surface area contributed by atoms with Crippen molar-refractivity contribution in [1.82, 2.24) is 0 Å². The van der Waals surface area contributed by atoms with E-state index in [4.69, 9.17) is 21.1 Å². The van der Waals surface area contributed by atoms with Gasteiger partial charge in [-0.3, -0.25) is 0 Å². The number of ether oxygens (including phenoxy) is 2. The van der Waals surface area contributed by atoms with E-state index in [1.54, 1.807) is 43.5 Å². The number of aliphatic imine (C=N–C) groups is 1. The third-order valence-electron chi connectivity index (χ3n) is 3.19. The lowest BCUT2D eigenvalue weighted by Crippen LogP contribution is -2.05. The zero-order chi connectivity index (χ0) is 16.4. The first-order chi connectivity index (χ1) is 11.1. The van der Waals surface area contributed by atoms with Gasteiger partial charge in [0.1, 0.15) is 5.75 Å². The summed E-state index contributed by atoms with van der Waals surface area (Å²) < 4.78 is 11.2. The van der Waals surface area contributed by atoms with E-state index in [0.29, 0.717) is 16.3 Å². The Morgan fingerprint density at radius 2 is 1.96 bits per heavy atom. The molecule has 0 atom stereocenters. The molecule has 2 aromatic carbocycles. The molecule has 0 saturated carbocycles. The SMILES string of the molecule is COc1ccc(C=C2N=C(c3ccc(Cl)cc3)OC2=O)cc1Br. The Balaban J connectivity index is 1.91. The second-order valence-electron chi connectivity index (χ2n) is 4.74. The smallest absolute Gasteiger partial charge is 0.363 e. The number of esters is 1. The van der Waals surface area contributed by atoms with E-state index in [2.05, 4.69) is 20.9 Å². The van der Waals surface area contributed by atoms with Crippen molar-refractivity contribution in [3.8, 4) is 5.75 Å². The van der Waals surface area contributed by atoms with Crippen molar-refractivity contribution in [3.63, 3.8) is 0 Å². The molecular formula is C17H11BrClNO3. The third-order valence-corrected chi connectivity index (χ3v) is 4.06. The fourth-order valence-electron chi connectivity index (χ4n) is 2.06. The summed E-state index contributed by atoms with van der Waals surface area (Å²) in [7, 11) is 1.59. The highest BCUT2D eigenvalue weighted by atomic mass is 79.9. The summed E-state index contributed by atoms with van der Waals surface area (Å²) in [4.78, 5) is 16.2. The van der Waals surface area contributed by atoms with Gasteiger partial charge >= 0.3 is 5.97 Å². The molecule has 0 fully saturated rings. The van der Waals surface area contributed by atoms with E-state index in [1.165, 1.54) is 0 Å². The highest BCUT2D eigenvalue weighted by Crippen LogP contribution is 2.27. The standard InChI is InChI=1S/C17H11BrClNO3/c1-22-15-7-2-10(8-13(15)18)9-14-17(21)23-16(20-14)11-3-5-12(19)6-4-11/h2-9H,1H3. The van der Waals surface area contributed by atoms with Crippen molar-refractivity contribution in [1.29, 1.82) is 0 Å². The molecule has 0 unspecified atom stereocenters. The Morgan fingerprint density at radius 3 is 2.61 bits per heavy atom. The largest absolute Gasteiger partial charge is 0.496 e. The zero-order valence-electron chi connectivity index (χ0n) is 12.0. The van der Waals surface area contributed by atoms with Gasteiger partial charge in [-0.15, -0.1) is 0 Å². The van der Waals surface area contributed by atoms with Gasteiger partial charge in [-0.2, -0.15) is 0 Å². The lowest BCUT2D eigenvalue weighted by Gasteiger charge is -2.03. The van der Waals surface area contributed by atoms with Crippen molar-refractivity contribution in [3.05, 3.63) is 68.8 Å². The van der Waals surface area contributed by atoms with Crippen LogP contribution in [0.15, 0.2) is 57.6 Å². The fourth-order valence-corrected chi connectivity index (χ4v) is 2.74. The minimum Gasteiger partial charge on any atom is -0.496 e. The molecule has 0 aromatic heterocycles. The van der Waals surface area contributed by atoms with Gasteiger partial charge in [0.05, 0.1) is 11.6 Å². The van der Waals surface area contributed by atoms with Crippen molar-refractivity contribution in [2.75, 3.05) is 7.11 Å². The van der Waals surface area contributed by atoms with Crippen molar-refractivity contribution in [2.45, 2.75) is 0 Å². The maximum Gasteiger partial charge on any atom is 0.363 e. The molecule has 1 aliphatic heterocycles. The topological polar surface area (TPSA) is 47.9 Å². The van der Waals surface area contributed by atoms with Gasteiger partial charge in [0.25, 0.3) is 0 Å². The van der Waals surface area contributed by atoms with Crippen LogP contribution >= 0.6 is 27.5 Å². The van der Waals surface area contributed by atoms with Crippen LogP contribution in [0.1, 0.15) is 11.1 Å². The van der Waals surface area contributed by atoms with Crippen LogP contribution in [0.4, 0.5) is 0 Å². The molecular weight excluding hydrogens is 382 g/mol. The summed E-state index contributed by atoms with van der Waals surface area (Å²) >= 11 is 9.26. The first-order valence-electron chi connectivity index (χ1n) is 6.69. The average Bonchev–Trinajstić information content (AvgIpc) is 2.89. The molecule has 2 aromatic rings. The van der Waals surface area contributed by atoms with Crippen LogP contribution in [0.25, 0.3) is 6.08 Å². The number of halogens is 2. The molecule has 23 heavy (non-hydrogen) atoms. The molecule has 0 aliphatic carbocycles. The molecule has 0 amide bonds. The summed E-state index contributed by atoms with van der Waals surface area (Å²) in [5.41, 5.74) is 1.75. The number of benzene rings is 2. The van der Waals surface area contributed by atoms with Crippen LogP contribution in [0, 0.1) is 0 Å². The van der Waals surface area contributed by atoms with Gasteiger partial charge in [-0.25, -0.2) is 9.79 Å². The third kappa shape index (κ3) is 3.46. The molecule has 0 N–H and O–H groups in total. The number of hydrogen-bond donors (Lipinski definition) is 0. The van der Waals surface area contributed by atoms with Crippen molar-refractivity contribution in [2.24, 2.45) is 4.99 Å². The quantitative estimate of drug-likeness (QED) is 0.572. The van der Waals surface area contributed by atoms with Crippen LogP contribution in [-0.2, 0) is 9.53 Å². The van der Waals surface area contributed by atoms with Gasteiger partial charge in [0.2, 0.25) is 5.90 Å². The highest BCUT2D eigenvalue weighted by Gasteiger charge is 2.24. The highest BCUT2D eigenvalue weighted by molar-refractivity contribution is 9.10. The molecule has 1 heterocycles. The number of hydrogen-bond acceptors (Lipinski definition) is 4. The second kappa shape index (κ2) is 6.56. The Hall–Kier alpha value is -2.11. The first kappa shape index (κ1) is 15.8. The second-order valence-corrected chi connectivity index (χ2v) is 6.03. The Bertz CT molecular complexity index is 828. The summed E-state index contributed by atoms with van der Waals surface area (Å²) in [5.74, 6) is 0.499. The summed E-state index contributed by atoms with van der Waals surface area (Å²) in [5, 5.41) is 0.609. The van der Waals surface area contributed by atoms with E-state index in [0.717, 1.165) is 10.0 Å².